The minimum Gasteiger partial charge on any atom is -0.322 e. The van der Waals surface area contributed by atoms with E-state index in [2.05, 4.69) is 17.7 Å². The van der Waals surface area contributed by atoms with E-state index in [4.69, 9.17) is 0 Å². The van der Waals surface area contributed by atoms with Crippen LogP contribution in [-0.4, -0.2) is 28.4 Å². The topological polar surface area (TPSA) is 78.5 Å². The van der Waals surface area contributed by atoms with Crippen molar-refractivity contribution < 1.29 is 14.4 Å². The van der Waals surface area contributed by atoms with Crippen molar-refractivity contribution in [1.29, 1.82) is 0 Å². The van der Waals surface area contributed by atoms with Crippen LogP contribution < -0.4 is 10.7 Å². The van der Waals surface area contributed by atoms with Crippen LogP contribution in [0, 0.1) is 0 Å². The van der Waals surface area contributed by atoms with Crippen LogP contribution in [0.25, 0.3) is 0 Å². The number of unbranched alkanes of at least 4 members (excludes halogenated alkanes) is 4. The Morgan fingerprint density at radius 1 is 1.30 bits per heavy atom. The van der Waals surface area contributed by atoms with E-state index >= 15 is 0 Å². The first-order valence-corrected chi connectivity index (χ1v) is 8.92. The van der Waals surface area contributed by atoms with E-state index in [-0.39, 0.29) is 0 Å². The van der Waals surface area contributed by atoms with Crippen LogP contribution in [0.3, 0.4) is 0 Å². The monoisotopic (exact) mass is 337 g/mol. The molecule has 0 bridgehead atoms. The van der Waals surface area contributed by atoms with E-state index in [1.807, 2.05) is 0 Å². The second-order valence-electron chi connectivity index (χ2n) is 6.02. The number of hydrogen-bond donors (Lipinski definition) is 2. The van der Waals surface area contributed by atoms with Gasteiger partial charge in [-0.25, -0.2) is 4.79 Å². The molecular formula is C16H23N3O3S. The third-order valence-electron chi connectivity index (χ3n) is 4.04. The molecule has 1 aromatic heterocycles. The van der Waals surface area contributed by atoms with Gasteiger partial charge >= 0.3 is 6.03 Å². The van der Waals surface area contributed by atoms with Gasteiger partial charge in [0, 0.05) is 5.38 Å². The zero-order chi connectivity index (χ0) is 16.9. The number of hydrogen-bond acceptors (Lipinski definition) is 4. The lowest BCUT2D eigenvalue weighted by atomic mass is 9.94. The standard InChI is InChI=1S/C16H23N3O3S/c1-3-4-5-6-7-9-16(2)14(21)19(15(22)17-16)18-13(20)12-8-10-23-11-12/h8,10-11H,3-7,9H2,1-2H3,(H,17,22)(H,18,20). The molecule has 1 aliphatic heterocycles. The molecule has 1 aromatic rings. The van der Waals surface area contributed by atoms with Crippen LogP contribution in [0.4, 0.5) is 4.79 Å². The Balaban J connectivity index is 1.92. The molecule has 2 heterocycles. The molecule has 2 N–H and O–H groups in total. The quantitative estimate of drug-likeness (QED) is 0.565. The average Bonchev–Trinajstić information content (AvgIpc) is 3.11. The minimum absolute atomic E-state index is 0.401. The van der Waals surface area contributed by atoms with Gasteiger partial charge in [-0.3, -0.25) is 15.0 Å². The summed E-state index contributed by atoms with van der Waals surface area (Å²) in [4.78, 5) is 36.5. The zero-order valence-corrected chi connectivity index (χ0v) is 14.4. The fraction of sp³-hybridized carbons (Fsp3) is 0.562. The first-order chi connectivity index (χ1) is 11.0. The molecule has 2 rings (SSSR count). The third-order valence-corrected chi connectivity index (χ3v) is 4.72. The van der Waals surface area contributed by atoms with Gasteiger partial charge in [0.2, 0.25) is 0 Å². The average molecular weight is 337 g/mol. The molecule has 23 heavy (non-hydrogen) atoms. The highest BCUT2D eigenvalue weighted by Gasteiger charge is 2.48. The van der Waals surface area contributed by atoms with Crippen LogP contribution >= 0.6 is 11.3 Å². The third kappa shape index (κ3) is 4.10. The normalized spacial score (nSPS) is 20.7. The molecule has 0 aromatic carbocycles. The second kappa shape index (κ2) is 7.59. The van der Waals surface area contributed by atoms with Gasteiger partial charge in [0.25, 0.3) is 11.8 Å². The molecule has 1 saturated heterocycles. The number of nitrogens with zero attached hydrogens (tertiary/aromatic N) is 1. The Morgan fingerprint density at radius 2 is 2.04 bits per heavy atom. The van der Waals surface area contributed by atoms with Crippen molar-refractivity contribution in [3.63, 3.8) is 0 Å². The van der Waals surface area contributed by atoms with E-state index in [1.54, 1.807) is 23.8 Å². The number of nitrogens with one attached hydrogen (secondary N) is 2. The first-order valence-electron chi connectivity index (χ1n) is 7.98. The van der Waals surface area contributed by atoms with Crippen molar-refractivity contribution in [3.8, 4) is 0 Å². The van der Waals surface area contributed by atoms with Crippen LogP contribution in [-0.2, 0) is 4.79 Å². The van der Waals surface area contributed by atoms with E-state index in [0.717, 1.165) is 30.7 Å². The molecule has 0 radical (unpaired) electrons. The van der Waals surface area contributed by atoms with Crippen LogP contribution in [0.5, 0.6) is 0 Å². The van der Waals surface area contributed by atoms with Gasteiger partial charge in [-0.2, -0.15) is 16.3 Å². The van der Waals surface area contributed by atoms with E-state index < -0.39 is 23.4 Å². The zero-order valence-electron chi connectivity index (χ0n) is 13.6. The Bertz CT molecular complexity index is 573. The molecule has 1 atom stereocenters. The fourth-order valence-electron chi connectivity index (χ4n) is 2.60. The highest BCUT2D eigenvalue weighted by Crippen LogP contribution is 2.23. The predicted octanol–water partition coefficient (Wildman–Crippen LogP) is 3.06. The summed E-state index contributed by atoms with van der Waals surface area (Å²) in [5.74, 6) is -0.858. The minimum atomic E-state index is -0.939. The van der Waals surface area contributed by atoms with Gasteiger partial charge in [0.05, 0.1) is 5.56 Å². The van der Waals surface area contributed by atoms with Crippen LogP contribution in [0.2, 0.25) is 0 Å². The molecule has 4 amide bonds. The fourth-order valence-corrected chi connectivity index (χ4v) is 3.23. The Labute approximate surface area is 140 Å². The summed E-state index contributed by atoms with van der Waals surface area (Å²) in [7, 11) is 0. The molecule has 1 aliphatic rings. The summed E-state index contributed by atoms with van der Waals surface area (Å²) in [5, 5.41) is 6.93. The molecule has 0 saturated carbocycles. The maximum Gasteiger partial charge on any atom is 0.344 e. The van der Waals surface area contributed by atoms with Crippen molar-refractivity contribution in [2.24, 2.45) is 0 Å². The van der Waals surface area contributed by atoms with Gasteiger partial charge < -0.3 is 5.32 Å². The number of hydrazine groups is 1. The molecule has 0 aliphatic carbocycles. The summed E-state index contributed by atoms with van der Waals surface area (Å²) in [6, 6.07) is 1.07. The number of carbonyl (C=O) groups excluding carboxylic acids is 3. The van der Waals surface area contributed by atoms with Crippen molar-refractivity contribution in [1.82, 2.24) is 15.8 Å². The summed E-state index contributed by atoms with van der Waals surface area (Å²) in [6.07, 6.45) is 5.96. The first kappa shape index (κ1) is 17.5. The molecule has 1 fully saturated rings. The highest BCUT2D eigenvalue weighted by molar-refractivity contribution is 7.08. The molecule has 1 unspecified atom stereocenters. The lowest BCUT2D eigenvalue weighted by Crippen LogP contribution is -2.48. The smallest absolute Gasteiger partial charge is 0.322 e. The van der Waals surface area contributed by atoms with Crippen molar-refractivity contribution in [2.75, 3.05) is 0 Å². The van der Waals surface area contributed by atoms with Crippen molar-refractivity contribution in [3.05, 3.63) is 22.4 Å². The predicted molar refractivity (Wildman–Crippen MR) is 88.9 cm³/mol. The molecule has 7 heteroatoms. The Hall–Kier alpha value is -1.89. The Kier molecular flexibility index (Phi) is 5.76. The number of imide groups is 1. The highest BCUT2D eigenvalue weighted by atomic mass is 32.1. The second-order valence-corrected chi connectivity index (χ2v) is 6.80. The van der Waals surface area contributed by atoms with Crippen molar-refractivity contribution in [2.45, 2.75) is 57.9 Å². The van der Waals surface area contributed by atoms with Gasteiger partial charge in [-0.05, 0) is 24.8 Å². The molecule has 6 nitrogen and oxygen atoms in total. The summed E-state index contributed by atoms with van der Waals surface area (Å²) in [6.45, 7) is 3.86. The number of carbonyl (C=O) groups is 3. The maximum absolute atomic E-state index is 12.5. The lowest BCUT2D eigenvalue weighted by molar-refractivity contribution is -0.132. The molecule has 126 valence electrons. The summed E-state index contributed by atoms with van der Waals surface area (Å²) < 4.78 is 0. The summed E-state index contributed by atoms with van der Waals surface area (Å²) >= 11 is 1.38. The summed E-state index contributed by atoms with van der Waals surface area (Å²) in [5.41, 5.74) is 1.88. The Morgan fingerprint density at radius 3 is 2.70 bits per heavy atom. The lowest BCUT2D eigenvalue weighted by Gasteiger charge is -2.21. The van der Waals surface area contributed by atoms with E-state index in [0.29, 0.717) is 12.0 Å². The van der Waals surface area contributed by atoms with Gasteiger partial charge in [0.1, 0.15) is 5.54 Å². The van der Waals surface area contributed by atoms with Gasteiger partial charge in [-0.15, -0.1) is 0 Å². The van der Waals surface area contributed by atoms with Gasteiger partial charge in [-0.1, -0.05) is 39.0 Å². The molecular weight excluding hydrogens is 314 g/mol. The number of urea groups is 1. The number of rotatable bonds is 8. The van der Waals surface area contributed by atoms with Crippen molar-refractivity contribution >= 4 is 29.2 Å². The maximum atomic E-state index is 12.5. The number of thiophene rings is 1. The number of amides is 4. The van der Waals surface area contributed by atoms with Crippen LogP contribution in [0.15, 0.2) is 16.8 Å². The SMILES string of the molecule is CCCCCCCC1(C)NC(=O)N(NC(=O)c2ccsc2)C1=O. The van der Waals surface area contributed by atoms with E-state index in [1.165, 1.54) is 17.8 Å². The largest absolute Gasteiger partial charge is 0.344 e. The van der Waals surface area contributed by atoms with E-state index in [9.17, 15) is 14.4 Å². The van der Waals surface area contributed by atoms with Gasteiger partial charge in [0.15, 0.2) is 0 Å². The molecule has 0 spiro atoms. The van der Waals surface area contributed by atoms with Crippen LogP contribution in [0.1, 0.15) is 62.7 Å².